The minimum atomic E-state index is -4.18. The summed E-state index contributed by atoms with van der Waals surface area (Å²) in [6.07, 6.45) is -3.77. The van der Waals surface area contributed by atoms with Crippen molar-refractivity contribution in [3.63, 3.8) is 0 Å². The van der Waals surface area contributed by atoms with Gasteiger partial charge in [-0.1, -0.05) is 19.1 Å². The molecule has 0 bridgehead atoms. The molecule has 0 radical (unpaired) electrons. The van der Waals surface area contributed by atoms with Crippen LogP contribution in [0.1, 0.15) is 18.5 Å². The normalized spacial score (nSPS) is 13.8. The highest BCUT2D eigenvalue weighted by atomic mass is 19.3. The Morgan fingerprint density at radius 3 is 2.55 bits per heavy atom. The average Bonchev–Trinajstić information content (AvgIpc) is 2.37. The molecule has 1 rings (SSSR count). The molecule has 2 nitrogen and oxygen atoms in total. The van der Waals surface area contributed by atoms with Crippen molar-refractivity contribution in [2.45, 2.75) is 25.3 Å². The van der Waals surface area contributed by atoms with Crippen LogP contribution in [0.3, 0.4) is 0 Å². The molecule has 1 atom stereocenters. The molecule has 7 heteroatoms. The number of rotatable bonds is 8. The Morgan fingerprint density at radius 1 is 1.30 bits per heavy atom. The molecule has 0 spiro atoms. The third-order valence-electron chi connectivity index (χ3n) is 2.60. The van der Waals surface area contributed by atoms with Crippen molar-refractivity contribution < 1.29 is 26.7 Å². The maximum atomic E-state index is 13.1. The van der Waals surface area contributed by atoms with Crippen molar-refractivity contribution >= 4 is 0 Å². The van der Waals surface area contributed by atoms with E-state index in [2.05, 4.69) is 10.1 Å². The van der Waals surface area contributed by atoms with Gasteiger partial charge < -0.3 is 10.1 Å². The largest absolute Gasteiger partial charge is 0.373 e. The van der Waals surface area contributed by atoms with Gasteiger partial charge in [0.2, 0.25) is 0 Å². The Morgan fingerprint density at radius 2 is 2.00 bits per heavy atom. The molecule has 0 saturated heterocycles. The summed E-state index contributed by atoms with van der Waals surface area (Å²) < 4.78 is 67.1. The monoisotopic (exact) mass is 297 g/mol. The summed E-state index contributed by atoms with van der Waals surface area (Å²) in [5, 5.41) is 2.92. The summed E-state index contributed by atoms with van der Waals surface area (Å²) in [5.74, 6) is -4.65. The minimum Gasteiger partial charge on any atom is -0.373 e. The average molecular weight is 297 g/mol. The van der Waals surface area contributed by atoms with E-state index in [9.17, 15) is 22.0 Å². The van der Waals surface area contributed by atoms with E-state index < -0.39 is 30.8 Å². The van der Waals surface area contributed by atoms with Crippen LogP contribution in [0, 0.1) is 5.82 Å². The van der Waals surface area contributed by atoms with E-state index in [1.807, 2.05) is 0 Å². The number of likely N-dealkylation sites (N-methyl/N-ethyl adjacent to an activating group) is 1. The zero-order valence-electron chi connectivity index (χ0n) is 10.9. The van der Waals surface area contributed by atoms with Crippen molar-refractivity contribution in [3.8, 4) is 0 Å². The number of ether oxygens (including phenoxy) is 1. The smallest absolute Gasteiger partial charge is 0.330 e. The molecule has 20 heavy (non-hydrogen) atoms. The van der Waals surface area contributed by atoms with Gasteiger partial charge in [-0.05, 0) is 24.2 Å². The number of hydrogen-bond acceptors (Lipinski definition) is 2. The van der Waals surface area contributed by atoms with Gasteiger partial charge in [0.1, 0.15) is 12.4 Å². The van der Waals surface area contributed by atoms with Crippen molar-refractivity contribution in [1.29, 1.82) is 0 Å². The van der Waals surface area contributed by atoms with Crippen LogP contribution < -0.4 is 5.32 Å². The van der Waals surface area contributed by atoms with Crippen LogP contribution in [0.15, 0.2) is 24.3 Å². The van der Waals surface area contributed by atoms with E-state index in [1.165, 1.54) is 18.2 Å². The number of halogens is 5. The first-order chi connectivity index (χ1) is 9.36. The van der Waals surface area contributed by atoms with Crippen molar-refractivity contribution in [2.24, 2.45) is 0 Å². The molecule has 0 heterocycles. The highest BCUT2D eigenvalue weighted by Crippen LogP contribution is 2.23. The van der Waals surface area contributed by atoms with Gasteiger partial charge >= 0.3 is 12.3 Å². The molecule has 0 amide bonds. The zero-order valence-corrected chi connectivity index (χ0v) is 10.9. The number of nitrogens with one attached hydrogen (secondary N) is 1. The van der Waals surface area contributed by atoms with Crippen molar-refractivity contribution in [2.75, 3.05) is 19.8 Å². The van der Waals surface area contributed by atoms with Gasteiger partial charge in [-0.15, -0.1) is 0 Å². The lowest BCUT2D eigenvalue weighted by atomic mass is 10.1. The summed E-state index contributed by atoms with van der Waals surface area (Å²) in [4.78, 5) is 0. The van der Waals surface area contributed by atoms with E-state index in [0.29, 0.717) is 12.1 Å². The molecular formula is C13H16F5NO. The fourth-order valence-electron chi connectivity index (χ4n) is 1.62. The molecule has 1 aromatic carbocycles. The lowest BCUT2D eigenvalue weighted by Gasteiger charge is -2.21. The molecule has 0 aliphatic carbocycles. The Kier molecular flexibility index (Phi) is 6.35. The number of hydrogen-bond donors (Lipinski definition) is 1. The van der Waals surface area contributed by atoms with Gasteiger partial charge in [0.05, 0.1) is 12.6 Å². The van der Waals surface area contributed by atoms with Gasteiger partial charge in [0.15, 0.2) is 0 Å². The summed E-state index contributed by atoms with van der Waals surface area (Å²) in [7, 11) is 0. The first kappa shape index (κ1) is 16.8. The quantitative estimate of drug-likeness (QED) is 0.743. The SMILES string of the molecule is CCNC(COCC(F)(F)C(F)F)c1cccc(F)c1. The van der Waals surface area contributed by atoms with Crippen LogP contribution in [0.4, 0.5) is 22.0 Å². The van der Waals surface area contributed by atoms with Crippen molar-refractivity contribution in [1.82, 2.24) is 5.32 Å². The minimum absolute atomic E-state index is 0.250. The molecule has 0 aliphatic heterocycles. The molecule has 0 fully saturated rings. The topological polar surface area (TPSA) is 21.3 Å². The van der Waals surface area contributed by atoms with E-state index >= 15 is 0 Å². The predicted molar refractivity (Wildman–Crippen MR) is 64.6 cm³/mol. The molecule has 1 unspecified atom stereocenters. The molecular weight excluding hydrogens is 281 g/mol. The zero-order chi connectivity index (χ0) is 15.2. The third kappa shape index (κ3) is 5.05. The van der Waals surface area contributed by atoms with E-state index in [-0.39, 0.29) is 6.61 Å². The second-order valence-electron chi connectivity index (χ2n) is 4.24. The fourth-order valence-corrected chi connectivity index (χ4v) is 1.62. The molecule has 114 valence electrons. The Labute approximate surface area is 113 Å². The lowest BCUT2D eigenvalue weighted by Crippen LogP contribution is -2.34. The standard InChI is InChI=1S/C13H16F5NO/c1-2-19-11(9-4-3-5-10(14)6-9)7-20-8-13(17,18)12(15)16/h3-6,11-12,19H,2,7-8H2,1H3. The van der Waals surface area contributed by atoms with Gasteiger partial charge in [-0.3, -0.25) is 0 Å². The fraction of sp³-hybridized carbons (Fsp3) is 0.538. The number of alkyl halides is 4. The highest BCUT2D eigenvalue weighted by molar-refractivity contribution is 5.20. The van der Waals surface area contributed by atoms with Gasteiger partial charge in [-0.25, -0.2) is 13.2 Å². The maximum absolute atomic E-state index is 13.1. The van der Waals surface area contributed by atoms with Crippen LogP contribution in [0.2, 0.25) is 0 Å². The van der Waals surface area contributed by atoms with Gasteiger partial charge in [0.25, 0.3) is 0 Å². The third-order valence-corrected chi connectivity index (χ3v) is 2.60. The first-order valence-corrected chi connectivity index (χ1v) is 6.09. The summed E-state index contributed by atoms with van der Waals surface area (Å²) >= 11 is 0. The molecule has 1 aromatic rings. The molecule has 0 aliphatic rings. The Bertz CT molecular complexity index is 414. The van der Waals surface area contributed by atoms with E-state index in [0.717, 1.165) is 0 Å². The maximum Gasteiger partial charge on any atom is 0.330 e. The Hall–Kier alpha value is -1.21. The molecule has 1 N–H and O–H groups in total. The van der Waals surface area contributed by atoms with Crippen molar-refractivity contribution in [3.05, 3.63) is 35.6 Å². The van der Waals surface area contributed by atoms with E-state index in [1.54, 1.807) is 13.0 Å². The van der Waals surface area contributed by atoms with Gasteiger partial charge in [0, 0.05) is 0 Å². The first-order valence-electron chi connectivity index (χ1n) is 6.09. The second kappa shape index (κ2) is 7.54. The van der Waals surface area contributed by atoms with E-state index in [4.69, 9.17) is 0 Å². The number of benzene rings is 1. The summed E-state index contributed by atoms with van der Waals surface area (Å²) in [5.41, 5.74) is 0.507. The molecule has 0 saturated carbocycles. The van der Waals surface area contributed by atoms with Crippen LogP contribution >= 0.6 is 0 Å². The summed E-state index contributed by atoms with van der Waals surface area (Å²) in [6.45, 7) is 0.650. The van der Waals surface area contributed by atoms with Crippen LogP contribution in [0.5, 0.6) is 0 Å². The van der Waals surface area contributed by atoms with Crippen LogP contribution in [-0.4, -0.2) is 32.1 Å². The Balaban J connectivity index is 2.60. The second-order valence-corrected chi connectivity index (χ2v) is 4.24. The lowest BCUT2D eigenvalue weighted by molar-refractivity contribution is -0.167. The predicted octanol–water partition coefficient (Wildman–Crippen LogP) is 3.39. The van der Waals surface area contributed by atoms with Crippen LogP contribution in [0.25, 0.3) is 0 Å². The summed E-state index contributed by atoms with van der Waals surface area (Å²) in [6, 6.07) is 5.03. The molecule has 0 aromatic heterocycles. The van der Waals surface area contributed by atoms with Gasteiger partial charge in [-0.2, -0.15) is 8.78 Å². The van der Waals surface area contributed by atoms with Crippen LogP contribution in [-0.2, 0) is 4.74 Å². The highest BCUT2D eigenvalue weighted by Gasteiger charge is 2.41.